The van der Waals surface area contributed by atoms with E-state index in [2.05, 4.69) is 6.42 Å². The van der Waals surface area contributed by atoms with Crippen molar-refractivity contribution in [3.05, 3.63) is 18.6 Å². The topological polar surface area (TPSA) is 0 Å². The summed E-state index contributed by atoms with van der Waals surface area (Å²) in [4.78, 5) is 0. The molecule has 0 aromatic carbocycles. The van der Waals surface area contributed by atoms with Crippen LogP contribution < -0.4 is 0 Å². The van der Waals surface area contributed by atoms with Crippen molar-refractivity contribution in [2.75, 3.05) is 0 Å². The largest absolute Gasteiger partial charge is 0.266 e. The number of rotatable bonds is 6. The summed E-state index contributed by atoms with van der Waals surface area (Å²) in [5.74, 6) is 0.886. The number of halogens is 2. The molecule has 1 saturated carbocycles. The fourth-order valence-electron chi connectivity index (χ4n) is 1.50. The Bertz CT molecular complexity index is 167. The van der Waals surface area contributed by atoms with Gasteiger partial charge in [-0.2, -0.15) is 8.78 Å². The number of allylic oxidation sites excluding steroid dienone is 1. The second kappa shape index (κ2) is 5.36. The van der Waals surface area contributed by atoms with E-state index in [9.17, 15) is 8.78 Å². The standard InChI is InChI=1S/C11H17F2/c1-9(8-11(12)13)4-2-3-5-10-6-7-10/h6,8-10H,2-5,7H2,1H3. The first kappa shape index (κ1) is 10.7. The Hall–Kier alpha value is -0.400. The summed E-state index contributed by atoms with van der Waals surface area (Å²) in [7, 11) is 0. The van der Waals surface area contributed by atoms with Crippen molar-refractivity contribution in [2.24, 2.45) is 11.8 Å². The van der Waals surface area contributed by atoms with Crippen LogP contribution in [0.5, 0.6) is 0 Å². The maximum absolute atomic E-state index is 11.8. The summed E-state index contributed by atoms with van der Waals surface area (Å²) in [6.07, 6.45) is 7.52. The van der Waals surface area contributed by atoms with Gasteiger partial charge in [-0.15, -0.1) is 0 Å². The third kappa shape index (κ3) is 5.78. The van der Waals surface area contributed by atoms with E-state index in [1.165, 1.54) is 19.3 Å². The van der Waals surface area contributed by atoms with Gasteiger partial charge < -0.3 is 0 Å². The van der Waals surface area contributed by atoms with Crippen LogP contribution in [-0.4, -0.2) is 0 Å². The molecule has 0 nitrogen and oxygen atoms in total. The van der Waals surface area contributed by atoms with Crippen molar-refractivity contribution < 1.29 is 8.78 Å². The molecule has 1 aliphatic carbocycles. The quantitative estimate of drug-likeness (QED) is 0.547. The van der Waals surface area contributed by atoms with Crippen LogP contribution in [0.3, 0.4) is 0 Å². The number of hydrogen-bond donors (Lipinski definition) is 0. The van der Waals surface area contributed by atoms with Gasteiger partial charge in [0.05, 0.1) is 0 Å². The van der Waals surface area contributed by atoms with Crippen molar-refractivity contribution >= 4 is 0 Å². The van der Waals surface area contributed by atoms with Crippen molar-refractivity contribution in [3.63, 3.8) is 0 Å². The highest BCUT2D eigenvalue weighted by atomic mass is 19.3. The van der Waals surface area contributed by atoms with Crippen LogP contribution in [0.4, 0.5) is 8.78 Å². The Labute approximate surface area is 79.0 Å². The molecular formula is C11H17F2. The first-order valence-electron chi connectivity index (χ1n) is 5.04. The minimum atomic E-state index is -1.54. The molecule has 0 saturated heterocycles. The Kier molecular flexibility index (Phi) is 4.40. The molecule has 0 bridgehead atoms. The highest BCUT2D eigenvalue weighted by Crippen LogP contribution is 2.32. The molecular weight excluding hydrogens is 170 g/mol. The van der Waals surface area contributed by atoms with Crippen LogP contribution in [-0.2, 0) is 0 Å². The van der Waals surface area contributed by atoms with Gasteiger partial charge in [-0.25, -0.2) is 0 Å². The molecule has 1 rings (SSSR count). The lowest BCUT2D eigenvalue weighted by Gasteiger charge is -2.04. The first-order valence-corrected chi connectivity index (χ1v) is 5.04. The van der Waals surface area contributed by atoms with Gasteiger partial charge >= 0.3 is 0 Å². The molecule has 13 heavy (non-hydrogen) atoms. The van der Waals surface area contributed by atoms with Gasteiger partial charge in [0.15, 0.2) is 0 Å². The predicted molar refractivity (Wildman–Crippen MR) is 50.3 cm³/mol. The normalized spacial score (nSPS) is 18.4. The van der Waals surface area contributed by atoms with Crippen LogP contribution in [0, 0.1) is 18.3 Å². The molecule has 1 aliphatic rings. The van der Waals surface area contributed by atoms with E-state index in [0.717, 1.165) is 24.8 Å². The van der Waals surface area contributed by atoms with E-state index in [-0.39, 0.29) is 5.92 Å². The summed E-state index contributed by atoms with van der Waals surface area (Å²) in [6, 6.07) is 0. The summed E-state index contributed by atoms with van der Waals surface area (Å²) in [6.45, 7) is 1.85. The maximum atomic E-state index is 11.8. The fourth-order valence-corrected chi connectivity index (χ4v) is 1.50. The third-order valence-electron chi connectivity index (χ3n) is 2.46. The molecule has 2 heteroatoms. The number of unbranched alkanes of at least 4 members (excludes halogenated alkanes) is 1. The van der Waals surface area contributed by atoms with E-state index >= 15 is 0 Å². The lowest BCUT2D eigenvalue weighted by atomic mass is 10.0. The second-order valence-electron chi connectivity index (χ2n) is 3.95. The fraction of sp³-hybridized carbons (Fsp3) is 0.727. The molecule has 2 unspecified atom stereocenters. The van der Waals surface area contributed by atoms with Gasteiger partial charge in [0.2, 0.25) is 0 Å². The molecule has 0 aromatic heterocycles. The van der Waals surface area contributed by atoms with Gasteiger partial charge in [0, 0.05) is 0 Å². The van der Waals surface area contributed by atoms with E-state index in [1.807, 2.05) is 6.92 Å². The van der Waals surface area contributed by atoms with E-state index in [4.69, 9.17) is 0 Å². The highest BCUT2D eigenvalue weighted by Gasteiger charge is 2.20. The van der Waals surface area contributed by atoms with Gasteiger partial charge in [-0.05, 0) is 37.2 Å². The maximum Gasteiger partial charge on any atom is 0.266 e. The minimum Gasteiger partial charge on any atom is -0.174 e. The van der Waals surface area contributed by atoms with Gasteiger partial charge in [-0.1, -0.05) is 26.2 Å². The minimum absolute atomic E-state index is 0.0354. The van der Waals surface area contributed by atoms with Crippen molar-refractivity contribution in [2.45, 2.75) is 39.0 Å². The van der Waals surface area contributed by atoms with Gasteiger partial charge in [0.1, 0.15) is 0 Å². The zero-order valence-corrected chi connectivity index (χ0v) is 8.10. The molecule has 0 spiro atoms. The summed E-state index contributed by atoms with van der Waals surface area (Å²) < 4.78 is 23.6. The Morgan fingerprint density at radius 3 is 2.77 bits per heavy atom. The zero-order chi connectivity index (χ0) is 9.68. The van der Waals surface area contributed by atoms with E-state index in [0.29, 0.717) is 0 Å². The average molecular weight is 187 g/mol. The summed E-state index contributed by atoms with van der Waals surface area (Å²) in [5.41, 5.74) is 0. The Morgan fingerprint density at radius 1 is 1.54 bits per heavy atom. The lowest BCUT2D eigenvalue weighted by molar-refractivity contribution is 0.406. The third-order valence-corrected chi connectivity index (χ3v) is 2.46. The molecule has 1 fully saturated rings. The SMILES string of the molecule is CC(C=C(F)F)CCCCC1[CH]C1. The molecule has 0 heterocycles. The zero-order valence-electron chi connectivity index (χ0n) is 8.10. The van der Waals surface area contributed by atoms with Crippen LogP contribution in [0.25, 0.3) is 0 Å². The van der Waals surface area contributed by atoms with Crippen LogP contribution in [0.15, 0.2) is 12.2 Å². The van der Waals surface area contributed by atoms with Crippen LogP contribution in [0.2, 0.25) is 0 Å². The smallest absolute Gasteiger partial charge is 0.174 e. The molecule has 2 atom stereocenters. The first-order chi connectivity index (χ1) is 6.18. The molecule has 1 radical (unpaired) electrons. The Balaban J connectivity index is 1.94. The van der Waals surface area contributed by atoms with Crippen molar-refractivity contribution in [3.8, 4) is 0 Å². The van der Waals surface area contributed by atoms with Crippen LogP contribution in [0.1, 0.15) is 39.0 Å². The lowest BCUT2D eigenvalue weighted by Crippen LogP contribution is -1.90. The summed E-state index contributed by atoms with van der Waals surface area (Å²) >= 11 is 0. The van der Waals surface area contributed by atoms with Crippen molar-refractivity contribution in [1.29, 1.82) is 0 Å². The molecule has 0 amide bonds. The Morgan fingerprint density at radius 2 is 2.23 bits per heavy atom. The second-order valence-corrected chi connectivity index (χ2v) is 3.95. The predicted octanol–water partition coefficient (Wildman–Crippen LogP) is 4.19. The van der Waals surface area contributed by atoms with Crippen LogP contribution >= 0.6 is 0 Å². The van der Waals surface area contributed by atoms with E-state index < -0.39 is 6.08 Å². The van der Waals surface area contributed by atoms with Gasteiger partial charge in [-0.3, -0.25) is 0 Å². The molecule has 0 N–H and O–H groups in total. The monoisotopic (exact) mass is 187 g/mol. The van der Waals surface area contributed by atoms with Crippen molar-refractivity contribution in [1.82, 2.24) is 0 Å². The molecule has 75 valence electrons. The average Bonchev–Trinajstić information content (AvgIpc) is 2.80. The number of hydrogen-bond acceptors (Lipinski definition) is 0. The van der Waals surface area contributed by atoms with Gasteiger partial charge in [0.25, 0.3) is 6.08 Å². The molecule has 0 aromatic rings. The highest BCUT2D eigenvalue weighted by molar-refractivity contribution is 4.94. The van der Waals surface area contributed by atoms with E-state index in [1.54, 1.807) is 0 Å². The summed E-state index contributed by atoms with van der Waals surface area (Å²) in [5, 5.41) is 0. The molecule has 0 aliphatic heterocycles.